The van der Waals surface area contributed by atoms with Gasteiger partial charge in [0.2, 0.25) is 5.91 Å². The van der Waals surface area contributed by atoms with Crippen LogP contribution in [0.3, 0.4) is 0 Å². The summed E-state index contributed by atoms with van der Waals surface area (Å²) >= 11 is 0. The molecule has 2 rings (SSSR count). The number of amides is 1. The van der Waals surface area contributed by atoms with Crippen molar-refractivity contribution in [1.29, 1.82) is 0 Å². The van der Waals surface area contributed by atoms with E-state index in [1.807, 2.05) is 35.0 Å². The Balaban J connectivity index is 2.02. The smallest absolute Gasteiger partial charge is 0.236 e. The molecule has 0 aliphatic rings. The van der Waals surface area contributed by atoms with Gasteiger partial charge >= 0.3 is 0 Å². The van der Waals surface area contributed by atoms with E-state index in [1.165, 1.54) is 0 Å². The number of carbonyl (C=O) groups is 1. The summed E-state index contributed by atoms with van der Waals surface area (Å²) in [5, 5.41) is 6.00. The highest BCUT2D eigenvalue weighted by Crippen LogP contribution is 2.08. The van der Waals surface area contributed by atoms with E-state index >= 15 is 0 Å². The summed E-state index contributed by atoms with van der Waals surface area (Å²) in [4.78, 5) is 16.4. The number of aromatic nitrogens is 2. The topological polar surface area (TPSA) is 58.4 Å². The van der Waals surface area contributed by atoms with E-state index in [9.17, 15) is 4.79 Å². The third-order valence-corrected chi connectivity index (χ3v) is 3.21. The summed E-state index contributed by atoms with van der Waals surface area (Å²) < 4.78 is 1.98. The molecule has 2 aromatic rings. The average molecular weight is 274 g/mol. The van der Waals surface area contributed by atoms with Crippen molar-refractivity contribution in [3.63, 3.8) is 0 Å². The number of nitrogens with one attached hydrogen (secondary N) is 2. The molecule has 2 aromatic heterocycles. The van der Waals surface area contributed by atoms with Gasteiger partial charge in [-0.15, -0.1) is 0 Å². The molecule has 0 fully saturated rings. The lowest BCUT2D eigenvalue weighted by Crippen LogP contribution is -2.43. The Kier molecular flexibility index (Phi) is 4.74. The van der Waals surface area contributed by atoms with Gasteiger partial charge in [0.1, 0.15) is 5.65 Å². The minimum Gasteiger partial charge on any atom is -0.358 e. The lowest BCUT2D eigenvalue weighted by Gasteiger charge is -2.18. The second-order valence-electron chi connectivity index (χ2n) is 5.38. The van der Waals surface area contributed by atoms with Crippen LogP contribution < -0.4 is 10.6 Å². The second-order valence-corrected chi connectivity index (χ2v) is 5.38. The number of hydrogen-bond donors (Lipinski definition) is 2. The first-order valence-corrected chi connectivity index (χ1v) is 6.97. The molecular weight excluding hydrogens is 252 g/mol. The van der Waals surface area contributed by atoms with Crippen LogP contribution in [0.4, 0.5) is 0 Å². The lowest BCUT2D eigenvalue weighted by atomic mass is 10.0. The van der Waals surface area contributed by atoms with Gasteiger partial charge in [-0.3, -0.25) is 4.79 Å². The van der Waals surface area contributed by atoms with Crippen LogP contribution in [0.2, 0.25) is 0 Å². The van der Waals surface area contributed by atoms with E-state index in [0.29, 0.717) is 12.5 Å². The van der Waals surface area contributed by atoms with Crippen molar-refractivity contribution in [2.45, 2.75) is 32.9 Å². The molecule has 0 saturated heterocycles. The lowest BCUT2D eigenvalue weighted by molar-refractivity contribution is -0.123. The molecule has 1 atom stereocenters. The first-order valence-electron chi connectivity index (χ1n) is 6.97. The van der Waals surface area contributed by atoms with Crippen LogP contribution >= 0.6 is 0 Å². The Morgan fingerprint density at radius 2 is 2.20 bits per heavy atom. The third kappa shape index (κ3) is 3.57. The largest absolute Gasteiger partial charge is 0.358 e. The molecule has 1 amide bonds. The normalized spacial score (nSPS) is 12.8. The maximum atomic E-state index is 11.8. The minimum absolute atomic E-state index is 0.0301. The van der Waals surface area contributed by atoms with Crippen LogP contribution in [0, 0.1) is 5.92 Å². The van der Waals surface area contributed by atoms with Gasteiger partial charge in [-0.2, -0.15) is 0 Å². The SMILES string of the molecule is CNC(=O)C(CC(C)C)NCc1cn2ccccc2n1. The summed E-state index contributed by atoms with van der Waals surface area (Å²) in [5.74, 6) is 0.494. The van der Waals surface area contributed by atoms with Gasteiger partial charge in [0.25, 0.3) is 0 Å². The highest BCUT2D eigenvalue weighted by molar-refractivity contribution is 5.81. The molecule has 0 radical (unpaired) electrons. The minimum atomic E-state index is -0.176. The first-order chi connectivity index (χ1) is 9.60. The number of likely N-dealkylation sites (N-methyl/N-ethyl adjacent to an activating group) is 1. The quantitative estimate of drug-likeness (QED) is 0.841. The standard InChI is InChI=1S/C15H22N4O/c1-11(2)8-13(15(20)16-3)17-9-12-10-19-7-5-4-6-14(19)18-12/h4-7,10-11,13,17H,8-9H2,1-3H3,(H,16,20). The predicted molar refractivity (Wildman–Crippen MR) is 79.3 cm³/mol. The maximum absolute atomic E-state index is 11.8. The number of imidazole rings is 1. The molecule has 2 heterocycles. The fraction of sp³-hybridized carbons (Fsp3) is 0.467. The predicted octanol–water partition coefficient (Wildman–Crippen LogP) is 1.58. The van der Waals surface area contributed by atoms with Crippen LogP contribution in [-0.2, 0) is 11.3 Å². The summed E-state index contributed by atoms with van der Waals surface area (Å²) in [6, 6.07) is 5.72. The van der Waals surface area contributed by atoms with E-state index in [-0.39, 0.29) is 11.9 Å². The molecule has 2 N–H and O–H groups in total. The van der Waals surface area contributed by atoms with Gasteiger partial charge in [-0.05, 0) is 24.5 Å². The maximum Gasteiger partial charge on any atom is 0.236 e. The highest BCUT2D eigenvalue weighted by Gasteiger charge is 2.18. The molecule has 20 heavy (non-hydrogen) atoms. The zero-order valence-corrected chi connectivity index (χ0v) is 12.3. The molecule has 108 valence electrons. The summed E-state index contributed by atoms with van der Waals surface area (Å²) in [6.45, 7) is 4.82. The van der Waals surface area contributed by atoms with E-state index in [4.69, 9.17) is 0 Å². The van der Waals surface area contributed by atoms with E-state index in [1.54, 1.807) is 7.05 Å². The second kappa shape index (κ2) is 6.52. The third-order valence-electron chi connectivity index (χ3n) is 3.21. The van der Waals surface area contributed by atoms with Crippen molar-refractivity contribution in [1.82, 2.24) is 20.0 Å². The average Bonchev–Trinajstić information content (AvgIpc) is 2.84. The number of carbonyl (C=O) groups excluding carboxylic acids is 1. The van der Waals surface area contributed by atoms with Crippen LogP contribution in [0.25, 0.3) is 5.65 Å². The molecule has 0 aromatic carbocycles. The zero-order valence-electron chi connectivity index (χ0n) is 12.3. The van der Waals surface area contributed by atoms with Gasteiger partial charge in [0, 0.05) is 26.0 Å². The van der Waals surface area contributed by atoms with Gasteiger partial charge < -0.3 is 15.0 Å². The Bertz CT molecular complexity index is 543. The van der Waals surface area contributed by atoms with Gasteiger partial charge in [0.05, 0.1) is 11.7 Å². The fourth-order valence-electron chi connectivity index (χ4n) is 2.23. The van der Waals surface area contributed by atoms with E-state index in [2.05, 4.69) is 29.5 Å². The van der Waals surface area contributed by atoms with Crippen molar-refractivity contribution < 1.29 is 4.79 Å². The number of nitrogens with zero attached hydrogens (tertiary/aromatic N) is 2. The van der Waals surface area contributed by atoms with E-state index < -0.39 is 0 Å². The molecule has 0 aliphatic carbocycles. The van der Waals surface area contributed by atoms with Crippen LogP contribution in [0.5, 0.6) is 0 Å². The van der Waals surface area contributed by atoms with Gasteiger partial charge in [-0.25, -0.2) is 4.98 Å². The van der Waals surface area contributed by atoms with Crippen molar-refractivity contribution in [3.05, 3.63) is 36.3 Å². The van der Waals surface area contributed by atoms with E-state index in [0.717, 1.165) is 17.8 Å². The highest BCUT2D eigenvalue weighted by atomic mass is 16.2. The Morgan fingerprint density at radius 3 is 2.85 bits per heavy atom. The fourth-order valence-corrected chi connectivity index (χ4v) is 2.23. The van der Waals surface area contributed by atoms with Crippen LogP contribution in [-0.4, -0.2) is 28.4 Å². The monoisotopic (exact) mass is 274 g/mol. The zero-order chi connectivity index (χ0) is 14.5. The van der Waals surface area contributed by atoms with Crippen LogP contribution in [0.15, 0.2) is 30.6 Å². The molecule has 0 aliphatic heterocycles. The molecule has 0 bridgehead atoms. The molecule has 5 heteroatoms. The Morgan fingerprint density at radius 1 is 1.40 bits per heavy atom. The Hall–Kier alpha value is -1.88. The molecule has 5 nitrogen and oxygen atoms in total. The Labute approximate surface area is 119 Å². The molecule has 1 unspecified atom stereocenters. The number of pyridine rings is 1. The van der Waals surface area contributed by atoms with Gasteiger partial charge in [-0.1, -0.05) is 19.9 Å². The van der Waals surface area contributed by atoms with Crippen molar-refractivity contribution in [2.24, 2.45) is 5.92 Å². The first kappa shape index (κ1) is 14.5. The van der Waals surface area contributed by atoms with Crippen molar-refractivity contribution in [3.8, 4) is 0 Å². The number of fused-ring (bicyclic) bond motifs is 1. The molecule has 0 spiro atoms. The van der Waals surface area contributed by atoms with Crippen molar-refractivity contribution in [2.75, 3.05) is 7.05 Å². The molecule has 0 saturated carbocycles. The summed E-state index contributed by atoms with van der Waals surface area (Å²) in [6.07, 6.45) is 4.77. The van der Waals surface area contributed by atoms with Crippen molar-refractivity contribution >= 4 is 11.6 Å². The summed E-state index contributed by atoms with van der Waals surface area (Å²) in [7, 11) is 1.67. The van der Waals surface area contributed by atoms with Gasteiger partial charge in [0.15, 0.2) is 0 Å². The summed E-state index contributed by atoms with van der Waals surface area (Å²) in [5.41, 5.74) is 1.86. The molecular formula is C15H22N4O. The number of rotatable bonds is 6. The van der Waals surface area contributed by atoms with Crippen LogP contribution in [0.1, 0.15) is 26.0 Å². The number of hydrogen-bond acceptors (Lipinski definition) is 3.